The summed E-state index contributed by atoms with van der Waals surface area (Å²) in [6.45, 7) is 7.67. The summed E-state index contributed by atoms with van der Waals surface area (Å²) >= 11 is 0. The molecule has 2 aromatic heterocycles. The van der Waals surface area contributed by atoms with Gasteiger partial charge in [-0.1, -0.05) is 17.7 Å². The first kappa shape index (κ1) is 25.8. The van der Waals surface area contributed by atoms with Crippen LogP contribution in [-0.2, 0) is 4.74 Å². The number of nitrogens with one attached hydrogen (secondary N) is 2. The topological polar surface area (TPSA) is 164 Å². The average molecular weight is 499 g/mol. The summed E-state index contributed by atoms with van der Waals surface area (Å²) in [5.41, 5.74) is 8.56. The van der Waals surface area contributed by atoms with Gasteiger partial charge in [-0.05, 0) is 39.3 Å². The Morgan fingerprint density at radius 1 is 1.19 bits per heavy atom. The molecular weight excluding hydrogens is 464 g/mol. The van der Waals surface area contributed by atoms with E-state index in [1.807, 2.05) is 31.2 Å². The third-order valence-corrected chi connectivity index (χ3v) is 6.36. The van der Waals surface area contributed by atoms with Gasteiger partial charge in [0.1, 0.15) is 30.2 Å². The Morgan fingerprint density at radius 3 is 2.67 bits per heavy atom. The summed E-state index contributed by atoms with van der Waals surface area (Å²) in [5.74, 6) is 0.232. The number of hydrogen-bond acceptors (Lipinski definition) is 9. The van der Waals surface area contributed by atoms with Crippen LogP contribution in [0.15, 0.2) is 36.9 Å². The van der Waals surface area contributed by atoms with Gasteiger partial charge in [0.25, 0.3) is 0 Å². The first-order valence-electron chi connectivity index (χ1n) is 12.0. The van der Waals surface area contributed by atoms with Crippen molar-refractivity contribution in [2.24, 2.45) is 0 Å². The van der Waals surface area contributed by atoms with Crippen molar-refractivity contribution in [1.29, 1.82) is 0 Å². The van der Waals surface area contributed by atoms with Crippen molar-refractivity contribution < 1.29 is 19.7 Å². The fourth-order valence-electron chi connectivity index (χ4n) is 4.25. The Hall–Kier alpha value is -3.32. The molecule has 12 nitrogen and oxygen atoms in total. The zero-order chi connectivity index (χ0) is 25.8. The van der Waals surface area contributed by atoms with Gasteiger partial charge in [-0.25, -0.2) is 19.7 Å². The number of aliphatic hydroxyl groups is 2. The molecule has 6 N–H and O–H groups in total. The molecule has 36 heavy (non-hydrogen) atoms. The van der Waals surface area contributed by atoms with Crippen molar-refractivity contribution in [2.45, 2.75) is 57.8 Å². The van der Waals surface area contributed by atoms with Gasteiger partial charge in [-0.15, -0.1) is 0 Å². The van der Waals surface area contributed by atoms with Crippen molar-refractivity contribution in [2.75, 3.05) is 30.7 Å². The third kappa shape index (κ3) is 5.73. The third-order valence-electron chi connectivity index (χ3n) is 6.36. The molecule has 1 fully saturated rings. The molecule has 1 aliphatic rings. The summed E-state index contributed by atoms with van der Waals surface area (Å²) < 4.78 is 7.65. The Bertz CT molecular complexity index is 1170. The van der Waals surface area contributed by atoms with Gasteiger partial charge in [0.05, 0.1) is 6.33 Å². The number of nitrogens with zero attached hydrogens (tertiary/aromatic N) is 5. The predicted molar refractivity (Wildman–Crippen MR) is 135 cm³/mol. The van der Waals surface area contributed by atoms with Crippen LogP contribution < -0.4 is 16.4 Å². The van der Waals surface area contributed by atoms with E-state index in [1.54, 1.807) is 4.57 Å². The zero-order valence-electron chi connectivity index (χ0n) is 20.7. The van der Waals surface area contributed by atoms with Gasteiger partial charge in [0, 0.05) is 31.4 Å². The van der Waals surface area contributed by atoms with Gasteiger partial charge in [-0.3, -0.25) is 9.47 Å². The molecule has 1 saturated heterocycles. The van der Waals surface area contributed by atoms with Crippen molar-refractivity contribution in [3.63, 3.8) is 0 Å². The molecule has 3 aromatic rings. The van der Waals surface area contributed by atoms with Crippen molar-refractivity contribution in [1.82, 2.24) is 29.7 Å². The van der Waals surface area contributed by atoms with Gasteiger partial charge >= 0.3 is 6.03 Å². The van der Waals surface area contributed by atoms with Crippen molar-refractivity contribution in [3.05, 3.63) is 42.5 Å². The first-order chi connectivity index (χ1) is 17.2. The lowest BCUT2D eigenvalue weighted by Gasteiger charge is -2.30. The monoisotopic (exact) mass is 498 g/mol. The number of amides is 2. The highest BCUT2D eigenvalue weighted by Crippen LogP contribution is 2.32. The Kier molecular flexibility index (Phi) is 7.99. The number of aryl methyl sites for hydroxylation is 1. The van der Waals surface area contributed by atoms with Crippen LogP contribution in [0.2, 0.25) is 0 Å². The number of anilines is 2. The highest BCUT2D eigenvalue weighted by molar-refractivity contribution is 5.89. The number of urea groups is 1. The van der Waals surface area contributed by atoms with E-state index in [2.05, 4.69) is 44.3 Å². The number of aromatic nitrogens is 4. The van der Waals surface area contributed by atoms with E-state index >= 15 is 0 Å². The molecule has 1 aromatic carbocycles. The molecule has 1 aliphatic heterocycles. The number of ether oxygens (including phenoxy) is 1. The molecule has 3 heterocycles. The molecule has 4 atom stereocenters. The second-order valence-corrected chi connectivity index (χ2v) is 9.32. The van der Waals surface area contributed by atoms with Gasteiger partial charge in [0.15, 0.2) is 17.7 Å². The highest BCUT2D eigenvalue weighted by atomic mass is 16.6. The second kappa shape index (κ2) is 11.2. The number of carbonyl (C=O) groups excluding carboxylic acids is 1. The molecular formula is C24H34N8O4. The number of aliphatic hydroxyl groups excluding tert-OH is 2. The molecule has 0 radical (unpaired) electrons. The number of hydrogen-bond donors (Lipinski definition) is 5. The molecule has 194 valence electrons. The van der Waals surface area contributed by atoms with Gasteiger partial charge < -0.3 is 31.3 Å². The molecule has 0 saturated carbocycles. The van der Waals surface area contributed by atoms with E-state index in [4.69, 9.17) is 10.5 Å². The lowest BCUT2D eigenvalue weighted by Crippen LogP contribution is -2.44. The van der Waals surface area contributed by atoms with Crippen LogP contribution >= 0.6 is 0 Å². The fourth-order valence-corrected chi connectivity index (χ4v) is 4.25. The van der Waals surface area contributed by atoms with Gasteiger partial charge in [0.2, 0.25) is 0 Å². The minimum atomic E-state index is -1.16. The maximum Gasteiger partial charge on any atom is 0.319 e. The Morgan fingerprint density at radius 2 is 1.94 bits per heavy atom. The standard InChI is InChI=1S/C24H34N8O4/c1-14(2)31(10-4-9-26-24(35)30-16-7-5-15(3)6-8-16)11-17-19(33)20(34)23(36-17)32-13-29-18-21(25)27-12-28-22(18)32/h5-8,12-14,17,19-20,23,33-34H,4,9-11H2,1-3H3,(H2,25,27,28)(H2,26,30,35)/t17-,19-,20-,23-/m1/s1. The molecule has 4 rings (SSSR count). The van der Waals surface area contributed by atoms with Crippen LogP contribution in [-0.4, -0.2) is 84.7 Å². The molecule has 0 bridgehead atoms. The van der Waals surface area contributed by atoms with Crippen molar-refractivity contribution >= 4 is 28.7 Å². The first-order valence-corrected chi connectivity index (χ1v) is 12.0. The number of carbonyl (C=O) groups is 1. The van der Waals surface area contributed by atoms with Crippen LogP contribution in [0.3, 0.4) is 0 Å². The summed E-state index contributed by atoms with van der Waals surface area (Å²) in [6, 6.07) is 7.51. The van der Waals surface area contributed by atoms with E-state index in [9.17, 15) is 15.0 Å². The maximum atomic E-state index is 12.2. The number of nitrogen functional groups attached to an aromatic ring is 1. The van der Waals surface area contributed by atoms with E-state index in [0.717, 1.165) is 11.3 Å². The van der Waals surface area contributed by atoms with Gasteiger partial charge in [-0.2, -0.15) is 0 Å². The van der Waals surface area contributed by atoms with Crippen LogP contribution in [0.4, 0.5) is 16.3 Å². The number of nitrogens with two attached hydrogens (primary N) is 1. The summed E-state index contributed by atoms with van der Waals surface area (Å²) in [7, 11) is 0. The number of benzene rings is 1. The summed E-state index contributed by atoms with van der Waals surface area (Å²) in [5, 5.41) is 27.1. The quantitative estimate of drug-likeness (QED) is 0.273. The van der Waals surface area contributed by atoms with Crippen LogP contribution in [0, 0.1) is 6.92 Å². The van der Waals surface area contributed by atoms with Crippen LogP contribution in [0.1, 0.15) is 32.1 Å². The Balaban J connectivity index is 1.30. The molecule has 0 aliphatic carbocycles. The normalized spacial score (nSPS) is 22.0. The van der Waals surface area contributed by atoms with Crippen molar-refractivity contribution in [3.8, 4) is 0 Å². The lowest BCUT2D eigenvalue weighted by atomic mass is 10.1. The molecule has 0 unspecified atom stereocenters. The SMILES string of the molecule is Cc1ccc(NC(=O)NCCCN(C[C@H]2O[C@@H](n3cnc4c(N)ncnc43)[C@H](O)[C@@H]2O)C(C)C)cc1. The molecule has 12 heteroatoms. The lowest BCUT2D eigenvalue weighted by molar-refractivity contribution is -0.0468. The largest absolute Gasteiger partial charge is 0.387 e. The van der Waals surface area contributed by atoms with E-state index in [0.29, 0.717) is 37.2 Å². The predicted octanol–water partition coefficient (Wildman–Crippen LogP) is 1.26. The fraction of sp³-hybridized carbons (Fsp3) is 0.500. The Labute approximate surface area is 209 Å². The minimum Gasteiger partial charge on any atom is -0.387 e. The van der Waals surface area contributed by atoms with E-state index < -0.39 is 24.5 Å². The number of imidazole rings is 1. The number of fused-ring (bicyclic) bond motifs is 1. The van der Waals surface area contributed by atoms with Crippen LogP contribution in [0.5, 0.6) is 0 Å². The summed E-state index contributed by atoms with van der Waals surface area (Å²) in [4.78, 5) is 26.7. The summed E-state index contributed by atoms with van der Waals surface area (Å²) in [6.07, 6.45) is -0.230. The number of rotatable bonds is 9. The molecule has 2 amide bonds. The highest BCUT2D eigenvalue weighted by Gasteiger charge is 2.45. The van der Waals surface area contributed by atoms with E-state index in [1.165, 1.54) is 12.7 Å². The smallest absolute Gasteiger partial charge is 0.319 e. The van der Waals surface area contributed by atoms with E-state index in [-0.39, 0.29) is 17.9 Å². The second-order valence-electron chi connectivity index (χ2n) is 9.32. The average Bonchev–Trinajstić information content (AvgIpc) is 3.39. The zero-order valence-corrected chi connectivity index (χ0v) is 20.7. The maximum absolute atomic E-state index is 12.2. The van der Waals surface area contributed by atoms with Crippen LogP contribution in [0.25, 0.3) is 11.2 Å². The molecule has 0 spiro atoms. The minimum absolute atomic E-state index is 0.167.